The molecule has 0 radical (unpaired) electrons. The SMILES string of the molecule is CCC1CCCC(C#N)(N2CCOCC2)CC1. The second kappa shape index (κ2) is 5.84. The van der Waals surface area contributed by atoms with E-state index in [2.05, 4.69) is 17.9 Å². The number of nitriles is 1. The van der Waals surface area contributed by atoms with Gasteiger partial charge in [0.2, 0.25) is 0 Å². The Morgan fingerprint density at radius 3 is 2.71 bits per heavy atom. The van der Waals surface area contributed by atoms with Gasteiger partial charge in [0.05, 0.1) is 19.3 Å². The fourth-order valence-electron chi connectivity index (χ4n) is 3.29. The molecule has 2 fully saturated rings. The van der Waals surface area contributed by atoms with Crippen LogP contribution in [-0.2, 0) is 4.74 Å². The second-order valence-electron chi connectivity index (χ2n) is 5.45. The van der Waals surface area contributed by atoms with Crippen LogP contribution in [0.4, 0.5) is 0 Å². The van der Waals surface area contributed by atoms with Gasteiger partial charge in [0.1, 0.15) is 5.54 Å². The zero-order valence-electron chi connectivity index (χ0n) is 11.0. The molecule has 1 aliphatic heterocycles. The molecular formula is C14H24N2O. The highest BCUT2D eigenvalue weighted by molar-refractivity contribution is 5.09. The average Bonchev–Trinajstić information content (AvgIpc) is 2.62. The lowest BCUT2D eigenvalue weighted by molar-refractivity contribution is -0.00846. The predicted molar refractivity (Wildman–Crippen MR) is 67.6 cm³/mol. The Morgan fingerprint density at radius 1 is 1.29 bits per heavy atom. The maximum atomic E-state index is 9.65. The molecule has 0 amide bonds. The highest BCUT2D eigenvalue weighted by Gasteiger charge is 2.39. The summed E-state index contributed by atoms with van der Waals surface area (Å²) in [6.45, 7) is 5.73. The summed E-state index contributed by atoms with van der Waals surface area (Å²) in [5.74, 6) is 0.839. The van der Waals surface area contributed by atoms with E-state index in [1.165, 1.54) is 25.7 Å². The molecule has 0 aromatic rings. The van der Waals surface area contributed by atoms with E-state index in [1.54, 1.807) is 0 Å². The van der Waals surface area contributed by atoms with Gasteiger partial charge in [-0.15, -0.1) is 0 Å². The summed E-state index contributed by atoms with van der Waals surface area (Å²) in [4.78, 5) is 2.38. The van der Waals surface area contributed by atoms with Crippen molar-refractivity contribution in [1.29, 1.82) is 5.26 Å². The summed E-state index contributed by atoms with van der Waals surface area (Å²) in [7, 11) is 0. The van der Waals surface area contributed by atoms with Crippen LogP contribution in [0.25, 0.3) is 0 Å². The Labute approximate surface area is 105 Å². The molecule has 0 aromatic carbocycles. The zero-order chi connectivity index (χ0) is 12.1. The molecular weight excluding hydrogens is 212 g/mol. The molecule has 17 heavy (non-hydrogen) atoms. The molecule has 2 aliphatic rings. The Morgan fingerprint density at radius 2 is 2.06 bits per heavy atom. The molecule has 1 saturated carbocycles. The van der Waals surface area contributed by atoms with Crippen LogP contribution in [0.2, 0.25) is 0 Å². The summed E-state index contributed by atoms with van der Waals surface area (Å²) < 4.78 is 5.40. The third-order valence-corrected chi connectivity index (χ3v) is 4.57. The monoisotopic (exact) mass is 236 g/mol. The molecule has 2 atom stereocenters. The quantitative estimate of drug-likeness (QED) is 0.691. The van der Waals surface area contributed by atoms with Crippen LogP contribution >= 0.6 is 0 Å². The molecule has 96 valence electrons. The van der Waals surface area contributed by atoms with Crippen molar-refractivity contribution < 1.29 is 4.74 Å². The first-order chi connectivity index (χ1) is 8.30. The van der Waals surface area contributed by atoms with Crippen molar-refractivity contribution in [1.82, 2.24) is 4.90 Å². The lowest BCUT2D eigenvalue weighted by Crippen LogP contribution is -2.52. The van der Waals surface area contributed by atoms with Gasteiger partial charge in [0, 0.05) is 13.1 Å². The van der Waals surface area contributed by atoms with Crippen LogP contribution < -0.4 is 0 Å². The molecule has 1 heterocycles. The van der Waals surface area contributed by atoms with E-state index in [1.807, 2.05) is 0 Å². The van der Waals surface area contributed by atoms with Crippen molar-refractivity contribution in [3.8, 4) is 6.07 Å². The molecule has 1 saturated heterocycles. The van der Waals surface area contributed by atoms with Crippen molar-refractivity contribution in [2.24, 2.45) is 5.92 Å². The van der Waals surface area contributed by atoms with Crippen LogP contribution in [-0.4, -0.2) is 36.7 Å². The fourth-order valence-corrected chi connectivity index (χ4v) is 3.29. The molecule has 3 nitrogen and oxygen atoms in total. The van der Waals surface area contributed by atoms with E-state index in [-0.39, 0.29) is 5.54 Å². The van der Waals surface area contributed by atoms with Gasteiger partial charge < -0.3 is 4.74 Å². The molecule has 2 rings (SSSR count). The number of morpholine rings is 1. The number of hydrogen-bond acceptors (Lipinski definition) is 3. The van der Waals surface area contributed by atoms with Gasteiger partial charge in [-0.3, -0.25) is 4.90 Å². The molecule has 3 heteroatoms. The van der Waals surface area contributed by atoms with E-state index in [4.69, 9.17) is 4.74 Å². The van der Waals surface area contributed by atoms with Crippen molar-refractivity contribution >= 4 is 0 Å². The van der Waals surface area contributed by atoms with Crippen LogP contribution in [0, 0.1) is 17.2 Å². The van der Waals surface area contributed by atoms with Crippen LogP contribution in [0.3, 0.4) is 0 Å². The average molecular weight is 236 g/mol. The van der Waals surface area contributed by atoms with Crippen molar-refractivity contribution in [2.45, 2.75) is 51.0 Å². The lowest BCUT2D eigenvalue weighted by atomic mass is 9.88. The third kappa shape index (κ3) is 2.81. The van der Waals surface area contributed by atoms with E-state index in [0.29, 0.717) is 0 Å². The molecule has 2 unspecified atom stereocenters. The van der Waals surface area contributed by atoms with E-state index in [9.17, 15) is 5.26 Å². The maximum Gasteiger partial charge on any atom is 0.109 e. The van der Waals surface area contributed by atoms with Crippen molar-refractivity contribution in [3.05, 3.63) is 0 Å². The highest BCUT2D eigenvalue weighted by Crippen LogP contribution is 2.35. The molecule has 0 aromatic heterocycles. The van der Waals surface area contributed by atoms with Gasteiger partial charge in [-0.2, -0.15) is 5.26 Å². The van der Waals surface area contributed by atoms with Gasteiger partial charge in [-0.05, 0) is 25.2 Å². The summed E-state index contributed by atoms with van der Waals surface area (Å²) in [5.41, 5.74) is -0.187. The van der Waals surface area contributed by atoms with Gasteiger partial charge in [-0.25, -0.2) is 0 Å². The van der Waals surface area contributed by atoms with Gasteiger partial charge >= 0.3 is 0 Å². The predicted octanol–water partition coefficient (Wildman–Crippen LogP) is 2.57. The second-order valence-corrected chi connectivity index (χ2v) is 5.45. The summed E-state index contributed by atoms with van der Waals surface area (Å²) >= 11 is 0. The van der Waals surface area contributed by atoms with Gasteiger partial charge in [0.15, 0.2) is 0 Å². The number of ether oxygens (including phenoxy) is 1. The Hall–Kier alpha value is -0.590. The summed E-state index contributed by atoms with van der Waals surface area (Å²) in [6.07, 6.45) is 7.13. The van der Waals surface area contributed by atoms with Gasteiger partial charge in [-0.1, -0.05) is 26.2 Å². The Kier molecular flexibility index (Phi) is 4.42. The first-order valence-corrected chi connectivity index (χ1v) is 7.05. The number of hydrogen-bond donors (Lipinski definition) is 0. The standard InChI is InChI=1S/C14H24N2O/c1-2-13-4-3-6-14(12-15,7-5-13)16-8-10-17-11-9-16/h13H,2-11H2,1H3. The topological polar surface area (TPSA) is 36.3 Å². The Bertz CT molecular complexity index is 280. The molecule has 0 N–H and O–H groups in total. The summed E-state index contributed by atoms with van der Waals surface area (Å²) in [6, 6.07) is 2.64. The molecule has 0 spiro atoms. The maximum absolute atomic E-state index is 9.65. The number of rotatable bonds is 2. The van der Waals surface area contributed by atoms with Gasteiger partial charge in [0.25, 0.3) is 0 Å². The molecule has 1 aliphatic carbocycles. The minimum Gasteiger partial charge on any atom is -0.379 e. The number of nitrogens with zero attached hydrogens (tertiary/aromatic N) is 2. The molecule has 0 bridgehead atoms. The smallest absolute Gasteiger partial charge is 0.109 e. The van der Waals surface area contributed by atoms with Crippen LogP contribution in [0.5, 0.6) is 0 Å². The normalized spacial score (nSPS) is 36.1. The lowest BCUT2D eigenvalue weighted by Gasteiger charge is -2.40. The van der Waals surface area contributed by atoms with E-state index < -0.39 is 0 Å². The van der Waals surface area contributed by atoms with E-state index >= 15 is 0 Å². The van der Waals surface area contributed by atoms with Crippen molar-refractivity contribution in [3.63, 3.8) is 0 Å². The van der Waals surface area contributed by atoms with Crippen LogP contribution in [0.1, 0.15) is 45.4 Å². The minimum atomic E-state index is -0.187. The zero-order valence-corrected chi connectivity index (χ0v) is 11.0. The minimum absolute atomic E-state index is 0.187. The first kappa shape index (κ1) is 12.9. The first-order valence-electron chi connectivity index (χ1n) is 7.05. The fraction of sp³-hybridized carbons (Fsp3) is 0.929. The summed E-state index contributed by atoms with van der Waals surface area (Å²) in [5, 5.41) is 9.65. The Balaban J connectivity index is 2.05. The van der Waals surface area contributed by atoms with Crippen LogP contribution in [0.15, 0.2) is 0 Å². The third-order valence-electron chi connectivity index (χ3n) is 4.57. The van der Waals surface area contributed by atoms with E-state index in [0.717, 1.165) is 45.1 Å². The largest absolute Gasteiger partial charge is 0.379 e. The highest BCUT2D eigenvalue weighted by atomic mass is 16.5. The van der Waals surface area contributed by atoms with Crippen molar-refractivity contribution in [2.75, 3.05) is 26.3 Å².